The monoisotopic (exact) mass is 297 g/mol. The fraction of sp³-hybridized carbons (Fsp3) is 0.538. The highest BCUT2D eigenvalue weighted by atomic mass is 32.1. The second-order valence-electron chi connectivity index (χ2n) is 4.80. The molecule has 0 fully saturated rings. The van der Waals surface area contributed by atoms with Gasteiger partial charge in [0.05, 0.1) is 4.88 Å². The summed E-state index contributed by atoms with van der Waals surface area (Å²) in [6.07, 6.45) is 0.943. The Morgan fingerprint density at radius 3 is 3.05 bits per heavy atom. The highest BCUT2D eigenvalue weighted by molar-refractivity contribution is 7.71. The van der Waals surface area contributed by atoms with Gasteiger partial charge in [-0.15, -0.1) is 11.3 Å². The van der Waals surface area contributed by atoms with Gasteiger partial charge in [-0.1, -0.05) is 19.9 Å². The maximum Gasteiger partial charge on any atom is 0.195 e. The summed E-state index contributed by atoms with van der Waals surface area (Å²) >= 11 is 6.95. The standard InChI is InChI=1S/C13H19N3OS2/c1-10(2)9-17-7-4-6-16-12(14-15-13(16)18)11-5-3-8-19-11/h3,5,8,10H,4,6-7,9H2,1-2H3,(H,15,18). The number of hydrogen-bond acceptors (Lipinski definition) is 4. The molecule has 2 heterocycles. The van der Waals surface area contributed by atoms with Gasteiger partial charge in [0.2, 0.25) is 0 Å². The zero-order chi connectivity index (χ0) is 13.7. The van der Waals surface area contributed by atoms with Gasteiger partial charge in [0.1, 0.15) is 0 Å². The van der Waals surface area contributed by atoms with Crippen LogP contribution in [0.25, 0.3) is 10.7 Å². The number of thiophene rings is 1. The van der Waals surface area contributed by atoms with Crippen molar-refractivity contribution in [3.8, 4) is 10.7 Å². The van der Waals surface area contributed by atoms with Crippen molar-refractivity contribution >= 4 is 23.6 Å². The third-order valence-electron chi connectivity index (χ3n) is 2.62. The number of hydrogen-bond donors (Lipinski definition) is 1. The molecule has 0 unspecified atom stereocenters. The van der Waals surface area contributed by atoms with Gasteiger partial charge in [-0.3, -0.25) is 9.67 Å². The molecule has 0 radical (unpaired) electrons. The molecule has 2 rings (SSSR count). The third-order valence-corrected chi connectivity index (χ3v) is 3.80. The maximum atomic E-state index is 5.59. The van der Waals surface area contributed by atoms with Gasteiger partial charge in [0.15, 0.2) is 10.6 Å². The van der Waals surface area contributed by atoms with Gasteiger partial charge < -0.3 is 4.74 Å². The first-order chi connectivity index (χ1) is 9.18. The highest BCUT2D eigenvalue weighted by Gasteiger charge is 2.09. The number of rotatable bonds is 7. The molecular weight excluding hydrogens is 278 g/mol. The summed E-state index contributed by atoms with van der Waals surface area (Å²) in [6.45, 7) is 6.71. The fourth-order valence-electron chi connectivity index (χ4n) is 1.76. The Hall–Kier alpha value is -0.980. The van der Waals surface area contributed by atoms with Crippen molar-refractivity contribution < 1.29 is 4.74 Å². The molecule has 104 valence electrons. The highest BCUT2D eigenvalue weighted by Crippen LogP contribution is 2.22. The van der Waals surface area contributed by atoms with E-state index in [1.807, 2.05) is 16.0 Å². The summed E-state index contributed by atoms with van der Waals surface area (Å²) < 4.78 is 8.30. The van der Waals surface area contributed by atoms with Gasteiger partial charge in [0, 0.05) is 19.8 Å². The molecule has 0 saturated carbocycles. The fourth-order valence-corrected chi connectivity index (χ4v) is 2.71. The van der Waals surface area contributed by atoms with Crippen LogP contribution >= 0.6 is 23.6 Å². The number of ether oxygens (including phenoxy) is 1. The van der Waals surface area contributed by atoms with Crippen LogP contribution in [0, 0.1) is 10.7 Å². The van der Waals surface area contributed by atoms with E-state index in [1.165, 1.54) is 0 Å². The van der Waals surface area contributed by atoms with Gasteiger partial charge in [0.25, 0.3) is 0 Å². The number of H-pyrrole nitrogens is 1. The molecule has 0 saturated heterocycles. The van der Waals surface area contributed by atoms with Crippen LogP contribution in [0.15, 0.2) is 17.5 Å². The maximum absolute atomic E-state index is 5.59. The van der Waals surface area contributed by atoms with E-state index in [2.05, 4.69) is 30.1 Å². The van der Waals surface area contributed by atoms with Crippen LogP contribution in [0.3, 0.4) is 0 Å². The van der Waals surface area contributed by atoms with Crippen LogP contribution in [0.5, 0.6) is 0 Å². The Labute approximate surface area is 122 Å². The second-order valence-corrected chi connectivity index (χ2v) is 6.14. The van der Waals surface area contributed by atoms with Gasteiger partial charge in [-0.05, 0) is 36.0 Å². The molecule has 4 nitrogen and oxygen atoms in total. The lowest BCUT2D eigenvalue weighted by Gasteiger charge is -2.08. The Balaban J connectivity index is 1.93. The Bertz CT molecular complexity index is 542. The van der Waals surface area contributed by atoms with Gasteiger partial charge in [-0.25, -0.2) is 0 Å². The number of aromatic nitrogens is 3. The number of nitrogens with zero attached hydrogens (tertiary/aromatic N) is 2. The Kier molecular flexibility index (Phi) is 5.30. The quantitative estimate of drug-likeness (QED) is 0.625. The first kappa shape index (κ1) is 14.4. The summed E-state index contributed by atoms with van der Waals surface area (Å²) in [4.78, 5) is 1.13. The first-order valence-corrected chi connectivity index (χ1v) is 7.74. The van der Waals surface area contributed by atoms with Crippen molar-refractivity contribution in [1.82, 2.24) is 14.8 Å². The lowest BCUT2D eigenvalue weighted by Crippen LogP contribution is -2.07. The molecule has 0 aliphatic carbocycles. The first-order valence-electron chi connectivity index (χ1n) is 6.45. The summed E-state index contributed by atoms with van der Waals surface area (Å²) in [5, 5.41) is 9.21. The van der Waals surface area contributed by atoms with Crippen molar-refractivity contribution in [2.75, 3.05) is 13.2 Å². The minimum Gasteiger partial charge on any atom is -0.381 e. The molecular formula is C13H19N3OS2. The van der Waals surface area contributed by atoms with Crippen LogP contribution in [0.4, 0.5) is 0 Å². The summed E-state index contributed by atoms with van der Waals surface area (Å²) in [7, 11) is 0. The minimum absolute atomic E-state index is 0.581. The summed E-state index contributed by atoms with van der Waals surface area (Å²) in [5.41, 5.74) is 0. The molecule has 2 aromatic rings. The molecule has 2 aromatic heterocycles. The summed E-state index contributed by atoms with van der Waals surface area (Å²) in [5.74, 6) is 1.50. The van der Waals surface area contributed by atoms with E-state index in [9.17, 15) is 0 Å². The van der Waals surface area contributed by atoms with Crippen molar-refractivity contribution in [2.45, 2.75) is 26.8 Å². The third kappa shape index (κ3) is 3.99. The molecule has 0 spiro atoms. The molecule has 0 bridgehead atoms. The predicted molar refractivity (Wildman–Crippen MR) is 81.0 cm³/mol. The van der Waals surface area contributed by atoms with Gasteiger partial charge in [-0.2, -0.15) is 5.10 Å². The lowest BCUT2D eigenvalue weighted by atomic mass is 10.2. The van der Waals surface area contributed by atoms with E-state index in [1.54, 1.807) is 11.3 Å². The van der Waals surface area contributed by atoms with Crippen molar-refractivity contribution in [3.05, 3.63) is 22.3 Å². The van der Waals surface area contributed by atoms with Gasteiger partial charge >= 0.3 is 0 Å². The SMILES string of the molecule is CC(C)COCCCn1c(-c2cccs2)n[nH]c1=S. The Morgan fingerprint density at radius 2 is 2.37 bits per heavy atom. The molecule has 1 N–H and O–H groups in total. The van der Waals surface area contributed by atoms with Crippen LogP contribution in [-0.4, -0.2) is 28.0 Å². The number of aromatic amines is 1. The normalized spacial score (nSPS) is 11.3. The van der Waals surface area contributed by atoms with Crippen molar-refractivity contribution in [1.29, 1.82) is 0 Å². The molecule has 19 heavy (non-hydrogen) atoms. The van der Waals surface area contributed by atoms with E-state index >= 15 is 0 Å². The van der Waals surface area contributed by atoms with E-state index in [0.29, 0.717) is 10.7 Å². The zero-order valence-corrected chi connectivity index (χ0v) is 12.9. The molecule has 0 aromatic carbocycles. The topological polar surface area (TPSA) is 42.8 Å². The smallest absolute Gasteiger partial charge is 0.195 e. The van der Waals surface area contributed by atoms with E-state index in [4.69, 9.17) is 17.0 Å². The second kappa shape index (κ2) is 6.98. The predicted octanol–water partition coefficient (Wildman–Crippen LogP) is 3.73. The average Bonchev–Trinajstić information content (AvgIpc) is 2.98. The molecule has 6 heteroatoms. The minimum atomic E-state index is 0.581. The van der Waals surface area contributed by atoms with Crippen molar-refractivity contribution in [3.63, 3.8) is 0 Å². The lowest BCUT2D eigenvalue weighted by molar-refractivity contribution is 0.105. The van der Waals surface area contributed by atoms with Crippen LogP contribution in [0.2, 0.25) is 0 Å². The molecule has 0 atom stereocenters. The Morgan fingerprint density at radius 1 is 1.53 bits per heavy atom. The molecule has 0 aliphatic rings. The van der Waals surface area contributed by atoms with Crippen LogP contribution in [0.1, 0.15) is 20.3 Å². The van der Waals surface area contributed by atoms with E-state index in [-0.39, 0.29) is 0 Å². The van der Waals surface area contributed by atoms with Crippen molar-refractivity contribution in [2.24, 2.45) is 5.92 Å². The van der Waals surface area contributed by atoms with Crippen LogP contribution < -0.4 is 0 Å². The molecule has 0 amide bonds. The van der Waals surface area contributed by atoms with E-state index in [0.717, 1.165) is 36.9 Å². The van der Waals surface area contributed by atoms with E-state index < -0.39 is 0 Å². The molecule has 0 aliphatic heterocycles. The average molecular weight is 297 g/mol. The number of nitrogens with one attached hydrogen (secondary N) is 1. The zero-order valence-electron chi connectivity index (χ0n) is 11.3. The summed E-state index contributed by atoms with van der Waals surface area (Å²) in [6, 6.07) is 4.08. The van der Waals surface area contributed by atoms with Crippen LogP contribution in [-0.2, 0) is 11.3 Å². The largest absolute Gasteiger partial charge is 0.381 e.